The fraction of sp³-hybridized carbons (Fsp3) is 0.273. The van der Waals surface area contributed by atoms with Gasteiger partial charge in [0.15, 0.2) is 0 Å². The number of carbonyl (C=O) groups is 12. The molecule has 4 saturated heterocycles. The number of nitrogens with two attached hydrogens (primary N) is 4. The number of amides is 11. The number of aliphatic carboxylic acids is 1. The molecule has 12 aromatic rings. The molecule has 33 heteroatoms. The van der Waals surface area contributed by atoms with E-state index >= 15 is 0 Å². The number of carbonyl (C=O) groups excluding carboxylic acids is 11. The van der Waals surface area contributed by atoms with Crippen LogP contribution in [0.3, 0.4) is 0 Å². The maximum atomic E-state index is 13.1. The number of nitrogens with zero attached hydrogens (tertiary/aromatic N) is 7. The molecule has 16 rings (SSSR count). The van der Waals surface area contributed by atoms with Crippen LogP contribution in [0, 0.1) is 23.7 Å². The number of anilines is 4. The average molecular weight is 1640 g/mol. The molecule has 0 spiro atoms. The van der Waals surface area contributed by atoms with Gasteiger partial charge in [-0.3, -0.25) is 72.7 Å². The van der Waals surface area contributed by atoms with E-state index in [9.17, 15) is 57.5 Å². The fourth-order valence-corrected chi connectivity index (χ4v) is 15.3. The van der Waals surface area contributed by atoms with E-state index in [-0.39, 0.29) is 63.1 Å². The van der Waals surface area contributed by atoms with Gasteiger partial charge in [0, 0.05) is 97.3 Å². The van der Waals surface area contributed by atoms with Crippen LogP contribution in [-0.2, 0) is 38.4 Å². The van der Waals surface area contributed by atoms with E-state index in [0.717, 1.165) is 100 Å². The number of pyridine rings is 4. The van der Waals surface area contributed by atoms with Crippen molar-refractivity contribution in [2.45, 2.75) is 103 Å². The topological polar surface area (TPSA) is 514 Å². The van der Waals surface area contributed by atoms with E-state index in [1.807, 2.05) is 84.7 Å². The number of rotatable bonds is 12. The first-order valence-electron chi connectivity index (χ1n) is 39.5. The van der Waals surface area contributed by atoms with Gasteiger partial charge in [-0.15, -0.1) is 0 Å². The highest BCUT2D eigenvalue weighted by molar-refractivity contribution is 6.41. The molecule has 33 nitrogen and oxygen atoms in total. The highest BCUT2D eigenvalue weighted by Crippen LogP contribution is 2.39. The van der Waals surface area contributed by atoms with Crippen LogP contribution in [0.15, 0.2) is 196 Å². The minimum absolute atomic E-state index is 0.0817. The predicted molar refractivity (Wildman–Crippen MR) is 454 cm³/mol. The number of aromatic nitrogens is 8. The molecule has 11 amide bonds. The molecule has 4 fully saturated rings. The number of fused-ring (bicyclic) bond motifs is 4. The summed E-state index contributed by atoms with van der Waals surface area (Å²) >= 11 is 0. The second kappa shape index (κ2) is 39.0. The molecule has 0 aliphatic carbocycles. The van der Waals surface area contributed by atoms with Crippen molar-refractivity contribution in [2.75, 3.05) is 47.4 Å². The second-order valence-corrected chi connectivity index (χ2v) is 30.8. The van der Waals surface area contributed by atoms with E-state index in [4.69, 9.17) is 28.0 Å². The summed E-state index contributed by atoms with van der Waals surface area (Å²) in [6.07, 6.45) is 26.0. The number of hydrogen-bond donors (Lipinski definition) is 14. The average Bonchev–Trinajstić information content (AvgIpc) is 1.76. The Labute approximate surface area is 694 Å². The molecule has 4 aromatic carbocycles. The first kappa shape index (κ1) is 85.6. The van der Waals surface area contributed by atoms with E-state index in [2.05, 4.69) is 131 Å². The van der Waals surface area contributed by atoms with Crippen molar-refractivity contribution in [3.05, 3.63) is 240 Å². The molecule has 8 aromatic heterocycles. The van der Waals surface area contributed by atoms with Crippen LogP contribution in [0.5, 0.6) is 0 Å². The SMILES string of the molecule is CC1CCC(c2ccc3[nH]ccc3c2)N(C(=O)C(=O)Nc2cncc(C(N)=O)c2)C1.CC1CCC(c2ccc3[nH]ccc3c2)NC1.C[C@@H]1CC[C@@H](c2ccc3[nH]ccc3c2)N(C(=O)C(=O)Nc2cncc(C(N)=O)c2)C1.C[C@H]1CC[C@H](c2ccc3[nH]ccc3c2)N(C(=O)C(=O)Nc2cncc(C(N)=O)c2)C1.NC(=O)c1cncc(NC(=O)C(=O)O)c1. The molecule has 12 heterocycles. The minimum atomic E-state index is -1.63. The molecule has 0 radical (unpaired) electrons. The third kappa shape index (κ3) is 21.9. The van der Waals surface area contributed by atoms with Gasteiger partial charge in [0.1, 0.15) is 0 Å². The lowest BCUT2D eigenvalue weighted by Crippen LogP contribution is -2.46. The number of carboxylic acids is 1. The third-order valence-corrected chi connectivity index (χ3v) is 21.7. The quantitative estimate of drug-likeness (QED) is 0.0505. The Morgan fingerprint density at radius 2 is 0.612 bits per heavy atom. The molecule has 4 aliphatic heterocycles. The summed E-state index contributed by atoms with van der Waals surface area (Å²) in [7, 11) is 0. The van der Waals surface area contributed by atoms with Crippen LogP contribution in [0.25, 0.3) is 43.6 Å². The number of likely N-dealkylation sites (tertiary alicyclic amines) is 3. The fourth-order valence-electron chi connectivity index (χ4n) is 15.3. The summed E-state index contributed by atoms with van der Waals surface area (Å²) in [6.45, 7) is 11.2. The lowest BCUT2D eigenvalue weighted by atomic mass is 9.89. The zero-order valence-corrected chi connectivity index (χ0v) is 66.9. The van der Waals surface area contributed by atoms with Crippen LogP contribution in [0.1, 0.15) is 167 Å². The Balaban J connectivity index is 0.000000142. The molecule has 0 bridgehead atoms. The van der Waals surface area contributed by atoms with Crippen LogP contribution in [0.2, 0.25) is 0 Å². The van der Waals surface area contributed by atoms with E-state index in [1.54, 1.807) is 14.7 Å². The third-order valence-electron chi connectivity index (χ3n) is 21.7. The smallest absolute Gasteiger partial charge is 0.394 e. The van der Waals surface area contributed by atoms with E-state index < -0.39 is 70.9 Å². The summed E-state index contributed by atoms with van der Waals surface area (Å²) in [5.41, 5.74) is 30.9. The van der Waals surface area contributed by atoms with Gasteiger partial charge in [0.05, 0.1) is 87.9 Å². The van der Waals surface area contributed by atoms with Gasteiger partial charge in [-0.05, 0) is 222 Å². The second-order valence-electron chi connectivity index (χ2n) is 30.8. The number of carboxylic acid groups (broad SMARTS) is 1. The van der Waals surface area contributed by atoms with Crippen molar-refractivity contribution in [1.29, 1.82) is 0 Å². The van der Waals surface area contributed by atoms with Crippen LogP contribution in [0.4, 0.5) is 22.7 Å². The van der Waals surface area contributed by atoms with Gasteiger partial charge < -0.3 is 89.3 Å². The van der Waals surface area contributed by atoms with Gasteiger partial charge in [0.25, 0.3) is 0 Å². The summed E-state index contributed by atoms with van der Waals surface area (Å²) < 4.78 is 0. The molecule has 121 heavy (non-hydrogen) atoms. The van der Waals surface area contributed by atoms with Gasteiger partial charge in [-0.1, -0.05) is 52.0 Å². The molecular formula is C88H94N20O13. The Morgan fingerprint density at radius 1 is 0.339 bits per heavy atom. The Bertz CT molecular complexity index is 5440. The molecule has 4 aliphatic rings. The number of hydrogen-bond acceptors (Lipinski definition) is 17. The predicted octanol–water partition coefficient (Wildman–Crippen LogP) is 10.2. The van der Waals surface area contributed by atoms with Crippen LogP contribution >= 0.6 is 0 Å². The molecule has 4 unspecified atom stereocenters. The molecule has 18 N–H and O–H groups in total. The van der Waals surface area contributed by atoms with Gasteiger partial charge in [-0.2, -0.15) is 0 Å². The summed E-state index contributed by atoms with van der Waals surface area (Å²) in [6, 6.07) is 38.5. The number of benzene rings is 4. The summed E-state index contributed by atoms with van der Waals surface area (Å²) in [5, 5.41) is 26.1. The van der Waals surface area contributed by atoms with Crippen molar-refractivity contribution >= 4 is 137 Å². The molecule has 624 valence electrons. The number of H-pyrrole nitrogens is 4. The van der Waals surface area contributed by atoms with Crippen LogP contribution in [-0.4, -0.2) is 157 Å². The zero-order valence-electron chi connectivity index (χ0n) is 66.9. The zero-order chi connectivity index (χ0) is 86.1. The monoisotopic (exact) mass is 1640 g/mol. The molecule has 8 atom stereocenters. The Hall–Kier alpha value is -14.8. The van der Waals surface area contributed by atoms with Crippen molar-refractivity contribution < 1.29 is 62.6 Å². The lowest BCUT2D eigenvalue weighted by molar-refractivity contribution is -0.147. The van der Waals surface area contributed by atoms with Gasteiger partial charge in [-0.25, -0.2) is 4.79 Å². The minimum Gasteiger partial charge on any atom is -0.474 e. The van der Waals surface area contributed by atoms with Crippen molar-refractivity contribution in [2.24, 2.45) is 46.6 Å². The van der Waals surface area contributed by atoms with E-state index in [0.29, 0.717) is 43.4 Å². The highest BCUT2D eigenvalue weighted by Gasteiger charge is 2.38. The lowest BCUT2D eigenvalue weighted by Gasteiger charge is -2.38. The maximum absolute atomic E-state index is 13.1. The van der Waals surface area contributed by atoms with Crippen molar-refractivity contribution in [3.63, 3.8) is 0 Å². The largest absolute Gasteiger partial charge is 0.474 e. The molecular weight excluding hydrogens is 1550 g/mol. The Morgan fingerprint density at radius 3 is 0.884 bits per heavy atom. The number of primary amides is 4. The van der Waals surface area contributed by atoms with Crippen molar-refractivity contribution in [1.82, 2.24) is 59.9 Å². The first-order chi connectivity index (χ1) is 58.1. The molecule has 0 saturated carbocycles. The number of piperidine rings is 4. The summed E-state index contributed by atoms with van der Waals surface area (Å²) in [5.74, 6) is -7.91. The number of nitrogens with one attached hydrogen (secondary N) is 9. The van der Waals surface area contributed by atoms with E-state index in [1.165, 1.54) is 103 Å². The Kier molecular flexibility index (Phi) is 27.6. The standard InChI is InChI=1S/3C22H23N5O3.C14H18N2.C8H7N3O4/c3*1-13-2-5-19(15-3-4-18-14(8-15)6-7-25-18)27(12-13)22(30)21(29)26-17-9-16(20(23)28)10-24-11-17;1-10-2-4-14(16-9-10)11-3-5-13-12(8-11)6-7-15-13;9-6(12)4-1-5(3-10-2-4)11-7(13)8(14)15/h3*3-4,6-11,13,19,25H,2,5,12H2,1H3,(H2,23,28)(H,26,29);3,5-8,10,14-16H,2,4,9H2,1H3;1-3H,(H2,9,12)(H,11,13)(H,14,15)/t2*13-,19+;;;/m10.../s1. The highest BCUT2D eigenvalue weighted by atomic mass is 16.4. The first-order valence-corrected chi connectivity index (χ1v) is 39.5. The van der Waals surface area contributed by atoms with Crippen LogP contribution < -0.4 is 49.5 Å². The van der Waals surface area contributed by atoms with Gasteiger partial charge in [0.2, 0.25) is 23.6 Å². The summed E-state index contributed by atoms with van der Waals surface area (Å²) in [4.78, 5) is 176. The van der Waals surface area contributed by atoms with Crippen molar-refractivity contribution in [3.8, 4) is 0 Å². The maximum Gasteiger partial charge on any atom is 0.394 e. The van der Waals surface area contributed by atoms with Gasteiger partial charge >= 0.3 is 47.3 Å². The number of aromatic amines is 4. The normalized spacial score (nSPS) is 18.7.